The first-order valence-corrected chi connectivity index (χ1v) is 12.3. The normalized spacial score (nSPS) is 19.9. The molecule has 2 amide bonds. The first kappa shape index (κ1) is 24.2. The van der Waals surface area contributed by atoms with Gasteiger partial charge in [0.25, 0.3) is 0 Å². The molecule has 1 atom stereocenters. The average molecular weight is 493 g/mol. The number of rotatable bonds is 3. The van der Waals surface area contributed by atoms with Gasteiger partial charge in [0, 0.05) is 37.5 Å². The SMILES string of the molecule is COC(=O)[C@@H]1CN(C(=O)OCC2c3ccccc3-c3ccccc32)CC12CN(C(=O)OC(C)(C)C)C2. The Morgan fingerprint density at radius 1 is 0.889 bits per heavy atom. The van der Waals surface area contributed by atoms with Crippen molar-refractivity contribution >= 4 is 18.2 Å². The average Bonchev–Trinajstić information content (AvgIpc) is 3.37. The molecular formula is C28H32N2O6. The molecule has 2 saturated heterocycles. The van der Waals surface area contributed by atoms with Crippen LogP contribution in [0, 0.1) is 11.3 Å². The monoisotopic (exact) mass is 492 g/mol. The Labute approximate surface area is 211 Å². The minimum Gasteiger partial charge on any atom is -0.469 e. The molecule has 8 heteroatoms. The number of hydrogen-bond donors (Lipinski definition) is 0. The van der Waals surface area contributed by atoms with Crippen LogP contribution in [0.15, 0.2) is 48.5 Å². The van der Waals surface area contributed by atoms with Crippen LogP contribution in [0.3, 0.4) is 0 Å². The highest BCUT2D eigenvalue weighted by molar-refractivity contribution is 5.80. The molecule has 2 heterocycles. The van der Waals surface area contributed by atoms with Gasteiger partial charge in [0.05, 0.1) is 13.0 Å². The molecule has 2 fully saturated rings. The third-order valence-corrected chi connectivity index (χ3v) is 7.39. The Bertz CT molecular complexity index is 1150. The number of nitrogens with zero attached hydrogens (tertiary/aromatic N) is 2. The molecule has 190 valence electrons. The van der Waals surface area contributed by atoms with Crippen LogP contribution in [0.5, 0.6) is 0 Å². The summed E-state index contributed by atoms with van der Waals surface area (Å²) in [6.45, 7) is 6.83. The van der Waals surface area contributed by atoms with Gasteiger partial charge in [-0.25, -0.2) is 9.59 Å². The number of carbonyl (C=O) groups excluding carboxylic acids is 3. The molecule has 1 aliphatic carbocycles. The summed E-state index contributed by atoms with van der Waals surface area (Å²) < 4.78 is 16.3. The third kappa shape index (κ3) is 4.18. The minimum absolute atomic E-state index is 0.0410. The van der Waals surface area contributed by atoms with Crippen LogP contribution >= 0.6 is 0 Å². The number of methoxy groups -OCH3 is 1. The lowest BCUT2D eigenvalue weighted by Gasteiger charge is -2.49. The van der Waals surface area contributed by atoms with Crippen LogP contribution in [0.1, 0.15) is 37.8 Å². The number of carbonyl (C=O) groups is 3. The van der Waals surface area contributed by atoms with Crippen molar-refractivity contribution in [1.29, 1.82) is 0 Å². The highest BCUT2D eigenvalue weighted by Crippen LogP contribution is 2.46. The van der Waals surface area contributed by atoms with E-state index >= 15 is 0 Å². The van der Waals surface area contributed by atoms with E-state index in [-0.39, 0.29) is 25.0 Å². The predicted molar refractivity (Wildman–Crippen MR) is 132 cm³/mol. The van der Waals surface area contributed by atoms with Crippen LogP contribution in [0.25, 0.3) is 11.1 Å². The lowest BCUT2D eigenvalue weighted by molar-refractivity contribution is -0.153. The number of hydrogen-bond acceptors (Lipinski definition) is 6. The smallest absolute Gasteiger partial charge is 0.410 e. The van der Waals surface area contributed by atoms with Crippen LogP contribution in [0.4, 0.5) is 9.59 Å². The van der Waals surface area contributed by atoms with E-state index in [1.165, 1.54) is 7.11 Å². The van der Waals surface area contributed by atoms with Crippen molar-refractivity contribution < 1.29 is 28.6 Å². The van der Waals surface area contributed by atoms with E-state index in [9.17, 15) is 14.4 Å². The molecule has 3 aliphatic rings. The Morgan fingerprint density at radius 3 is 2.00 bits per heavy atom. The van der Waals surface area contributed by atoms with Crippen molar-refractivity contribution in [2.24, 2.45) is 11.3 Å². The zero-order chi connectivity index (χ0) is 25.7. The molecule has 2 aliphatic heterocycles. The first-order chi connectivity index (χ1) is 17.1. The van der Waals surface area contributed by atoms with E-state index in [4.69, 9.17) is 14.2 Å². The fourth-order valence-corrected chi connectivity index (χ4v) is 5.75. The molecule has 1 spiro atoms. The van der Waals surface area contributed by atoms with Gasteiger partial charge in [0.2, 0.25) is 0 Å². The lowest BCUT2D eigenvalue weighted by Crippen LogP contribution is -2.63. The summed E-state index contributed by atoms with van der Waals surface area (Å²) in [7, 11) is 1.34. The highest BCUT2D eigenvalue weighted by Gasteiger charge is 2.60. The maximum absolute atomic E-state index is 13.2. The van der Waals surface area contributed by atoms with Crippen molar-refractivity contribution in [2.45, 2.75) is 32.3 Å². The molecule has 8 nitrogen and oxygen atoms in total. The first-order valence-electron chi connectivity index (χ1n) is 12.3. The molecule has 36 heavy (non-hydrogen) atoms. The van der Waals surface area contributed by atoms with Gasteiger partial charge in [-0.1, -0.05) is 48.5 Å². The van der Waals surface area contributed by atoms with Crippen LogP contribution in [-0.4, -0.2) is 73.5 Å². The van der Waals surface area contributed by atoms with E-state index in [1.54, 1.807) is 9.80 Å². The van der Waals surface area contributed by atoms with Gasteiger partial charge in [0.15, 0.2) is 0 Å². The molecule has 2 aromatic carbocycles. The molecule has 0 saturated carbocycles. The summed E-state index contributed by atoms with van der Waals surface area (Å²) in [6, 6.07) is 16.4. The van der Waals surface area contributed by atoms with Gasteiger partial charge >= 0.3 is 18.2 Å². The number of amides is 2. The number of esters is 1. The zero-order valence-electron chi connectivity index (χ0n) is 21.2. The van der Waals surface area contributed by atoms with Crippen molar-refractivity contribution in [1.82, 2.24) is 9.80 Å². The predicted octanol–water partition coefficient (Wildman–Crippen LogP) is 4.28. The molecule has 5 rings (SSSR count). The topological polar surface area (TPSA) is 85.4 Å². The quantitative estimate of drug-likeness (QED) is 0.470. The van der Waals surface area contributed by atoms with Gasteiger partial charge in [-0.3, -0.25) is 4.79 Å². The lowest BCUT2D eigenvalue weighted by atomic mass is 9.72. The zero-order valence-corrected chi connectivity index (χ0v) is 21.2. The summed E-state index contributed by atoms with van der Waals surface area (Å²) in [5.74, 6) is -0.949. The van der Waals surface area contributed by atoms with E-state index in [1.807, 2.05) is 45.0 Å². The maximum Gasteiger partial charge on any atom is 0.410 e. The second kappa shape index (κ2) is 8.84. The molecular weight excluding hydrogens is 460 g/mol. The second-order valence-corrected chi connectivity index (χ2v) is 11.0. The highest BCUT2D eigenvalue weighted by atomic mass is 16.6. The van der Waals surface area contributed by atoms with Gasteiger partial charge in [-0.15, -0.1) is 0 Å². The standard InChI is InChI=1S/C28H32N2O6/c1-27(2,3)36-26(33)30-16-28(17-30)15-29(13-23(28)24(31)34-4)25(32)35-14-22-20-11-7-5-9-18(20)19-10-6-8-12-21(19)22/h5-12,22-23H,13-17H2,1-4H3/t23-/m0/s1. The molecule has 0 bridgehead atoms. The Morgan fingerprint density at radius 2 is 1.44 bits per heavy atom. The van der Waals surface area contributed by atoms with Crippen molar-refractivity contribution in [3.8, 4) is 11.1 Å². The summed E-state index contributed by atoms with van der Waals surface area (Å²) in [4.78, 5) is 41.4. The van der Waals surface area contributed by atoms with Gasteiger partial charge in [-0.05, 0) is 43.0 Å². The Balaban J connectivity index is 1.26. The van der Waals surface area contributed by atoms with E-state index in [0.29, 0.717) is 19.6 Å². The number of likely N-dealkylation sites (tertiary alicyclic amines) is 2. The minimum atomic E-state index is -0.607. The number of fused-ring (bicyclic) bond motifs is 3. The van der Waals surface area contributed by atoms with Crippen molar-refractivity contribution in [3.05, 3.63) is 59.7 Å². The summed E-state index contributed by atoms with van der Waals surface area (Å²) in [5, 5.41) is 0. The molecule has 0 aromatic heterocycles. The molecule has 0 N–H and O–H groups in total. The molecule has 0 unspecified atom stereocenters. The van der Waals surface area contributed by atoms with Crippen LogP contribution in [-0.2, 0) is 19.0 Å². The largest absolute Gasteiger partial charge is 0.469 e. The van der Waals surface area contributed by atoms with Crippen molar-refractivity contribution in [3.63, 3.8) is 0 Å². The molecule has 0 radical (unpaired) electrons. The Hall–Kier alpha value is -3.55. The van der Waals surface area contributed by atoms with E-state index in [2.05, 4.69) is 24.3 Å². The Kier molecular flexibility index (Phi) is 5.93. The van der Waals surface area contributed by atoms with Crippen molar-refractivity contribution in [2.75, 3.05) is 39.9 Å². The fourth-order valence-electron chi connectivity index (χ4n) is 5.75. The third-order valence-electron chi connectivity index (χ3n) is 7.39. The van der Waals surface area contributed by atoms with E-state index in [0.717, 1.165) is 22.3 Å². The van der Waals surface area contributed by atoms with Crippen LogP contribution < -0.4 is 0 Å². The van der Waals surface area contributed by atoms with E-state index < -0.39 is 29.1 Å². The summed E-state index contributed by atoms with van der Waals surface area (Å²) >= 11 is 0. The second-order valence-electron chi connectivity index (χ2n) is 11.0. The van der Waals surface area contributed by atoms with Gasteiger partial charge in [-0.2, -0.15) is 0 Å². The number of ether oxygens (including phenoxy) is 3. The summed E-state index contributed by atoms with van der Waals surface area (Å²) in [5.41, 5.74) is 3.45. The summed E-state index contributed by atoms with van der Waals surface area (Å²) in [6.07, 6.45) is -0.880. The van der Waals surface area contributed by atoms with Gasteiger partial charge in [0.1, 0.15) is 12.2 Å². The maximum atomic E-state index is 13.2. The molecule has 2 aromatic rings. The van der Waals surface area contributed by atoms with Gasteiger partial charge < -0.3 is 24.0 Å². The number of benzene rings is 2. The van der Waals surface area contributed by atoms with Crippen LogP contribution in [0.2, 0.25) is 0 Å². The fraction of sp³-hybridized carbons (Fsp3) is 0.464.